The molecule has 0 spiro atoms. The quantitative estimate of drug-likeness (QED) is 0.425. The van der Waals surface area contributed by atoms with Crippen LogP contribution in [0.1, 0.15) is 79.6 Å². The Morgan fingerprint density at radius 1 is 1.10 bits per heavy atom. The summed E-state index contributed by atoms with van der Waals surface area (Å²) < 4.78 is 7.08. The second-order valence-electron chi connectivity index (χ2n) is 12.8. The van der Waals surface area contributed by atoms with Gasteiger partial charge in [-0.25, -0.2) is 0 Å². The number of carbonyl (C=O) groups is 1. The van der Waals surface area contributed by atoms with Crippen LogP contribution in [0.3, 0.4) is 0 Å². The minimum atomic E-state index is -1.75. The number of allylic oxidation sites excluding steroid dienone is 1. The lowest BCUT2D eigenvalue weighted by molar-refractivity contribution is -0.117. The van der Waals surface area contributed by atoms with E-state index in [-0.39, 0.29) is 15.7 Å². The highest BCUT2D eigenvalue weighted by molar-refractivity contribution is 7.99. The van der Waals surface area contributed by atoms with Crippen molar-refractivity contribution in [2.45, 2.75) is 109 Å². The van der Waals surface area contributed by atoms with E-state index in [1.807, 2.05) is 0 Å². The third kappa shape index (κ3) is 3.42. The molecule has 0 aromatic heterocycles. The van der Waals surface area contributed by atoms with Crippen molar-refractivity contribution in [2.24, 2.45) is 28.6 Å². The molecule has 0 aromatic carbocycles. The molecule has 3 saturated carbocycles. The summed E-state index contributed by atoms with van der Waals surface area (Å²) in [7, 11) is -1.75. The Morgan fingerprint density at radius 2 is 1.80 bits per heavy atom. The minimum absolute atomic E-state index is 0.170. The zero-order chi connectivity index (χ0) is 22.1. The fourth-order valence-corrected chi connectivity index (χ4v) is 9.74. The molecule has 170 valence electrons. The van der Waals surface area contributed by atoms with Gasteiger partial charge in [-0.1, -0.05) is 40.2 Å². The summed E-state index contributed by atoms with van der Waals surface area (Å²) in [5, 5.41) is 0.446. The molecular formula is C26H44O2SSi. The molecule has 0 saturated heterocycles. The van der Waals surface area contributed by atoms with E-state index in [1.165, 1.54) is 37.7 Å². The van der Waals surface area contributed by atoms with Gasteiger partial charge in [-0.15, -0.1) is 0 Å². The zero-order valence-corrected chi connectivity index (χ0v) is 22.5. The lowest BCUT2D eigenvalue weighted by Crippen LogP contribution is -2.54. The van der Waals surface area contributed by atoms with Gasteiger partial charge in [-0.2, -0.15) is 11.8 Å². The van der Waals surface area contributed by atoms with E-state index in [9.17, 15) is 4.79 Å². The van der Waals surface area contributed by atoms with E-state index in [0.717, 1.165) is 30.6 Å². The Kier molecular flexibility index (Phi) is 5.76. The van der Waals surface area contributed by atoms with Crippen molar-refractivity contribution in [3.05, 3.63) is 11.6 Å². The normalized spacial score (nSPS) is 44.2. The van der Waals surface area contributed by atoms with Crippen molar-refractivity contribution in [3.63, 3.8) is 0 Å². The Hall–Kier alpha value is -0.0631. The van der Waals surface area contributed by atoms with Crippen molar-refractivity contribution >= 4 is 25.9 Å². The Bertz CT molecular complexity index is 738. The molecule has 4 rings (SSSR count). The van der Waals surface area contributed by atoms with Gasteiger partial charge in [-0.05, 0) is 104 Å². The van der Waals surface area contributed by atoms with Gasteiger partial charge in [0.25, 0.3) is 0 Å². The van der Waals surface area contributed by atoms with Gasteiger partial charge in [-0.3, -0.25) is 4.79 Å². The van der Waals surface area contributed by atoms with Crippen LogP contribution in [0.4, 0.5) is 0 Å². The third-order valence-corrected chi connectivity index (χ3v) is 15.9. The standard InChI is InChI=1S/C26H44O2SSi/c1-24(2,3)30(7,8)28-23-12-11-19-18-10-9-17-15-21(27)22(29-6)16-26(17,5)20(18)13-14-25(19,23)4/h15,18-20,22-23H,9-14,16H2,1-8H3/t18-,19-,20-,22?,23-,25-,26-/m0/s1. The highest BCUT2D eigenvalue weighted by atomic mass is 32.2. The number of rotatable bonds is 3. The second-order valence-corrected chi connectivity index (χ2v) is 18.6. The van der Waals surface area contributed by atoms with Crippen LogP contribution in [0.5, 0.6) is 0 Å². The summed E-state index contributed by atoms with van der Waals surface area (Å²) in [6.07, 6.45) is 13.3. The molecule has 0 bridgehead atoms. The van der Waals surface area contributed by atoms with Crippen molar-refractivity contribution in [1.29, 1.82) is 0 Å². The number of carbonyl (C=O) groups excluding carboxylic acids is 1. The maximum absolute atomic E-state index is 12.6. The predicted octanol–water partition coefficient (Wildman–Crippen LogP) is 7.25. The van der Waals surface area contributed by atoms with Crippen LogP contribution in [0.2, 0.25) is 18.1 Å². The van der Waals surface area contributed by atoms with E-state index in [2.05, 4.69) is 60.0 Å². The van der Waals surface area contributed by atoms with Crippen molar-refractivity contribution in [1.82, 2.24) is 0 Å². The summed E-state index contributed by atoms with van der Waals surface area (Å²) in [5.74, 6) is 2.74. The van der Waals surface area contributed by atoms with Gasteiger partial charge in [0.15, 0.2) is 14.1 Å². The number of thioether (sulfide) groups is 1. The minimum Gasteiger partial charge on any atom is -0.413 e. The monoisotopic (exact) mass is 448 g/mol. The molecule has 4 aliphatic carbocycles. The lowest BCUT2D eigenvalue weighted by atomic mass is 9.47. The number of hydrogen-bond donors (Lipinski definition) is 0. The van der Waals surface area contributed by atoms with Crippen LogP contribution in [-0.4, -0.2) is 31.7 Å². The number of hydrogen-bond acceptors (Lipinski definition) is 3. The molecule has 0 heterocycles. The summed E-state index contributed by atoms with van der Waals surface area (Å²) in [5.41, 5.74) is 2.07. The maximum Gasteiger partial charge on any atom is 0.192 e. The van der Waals surface area contributed by atoms with Crippen LogP contribution in [0, 0.1) is 28.6 Å². The van der Waals surface area contributed by atoms with Crippen molar-refractivity contribution in [3.8, 4) is 0 Å². The van der Waals surface area contributed by atoms with E-state index in [1.54, 1.807) is 11.8 Å². The first kappa shape index (κ1) is 23.1. The van der Waals surface area contributed by atoms with E-state index < -0.39 is 8.32 Å². The molecule has 0 N–H and O–H groups in total. The third-order valence-electron chi connectivity index (χ3n) is 10.4. The summed E-state index contributed by atoms with van der Waals surface area (Å²) in [4.78, 5) is 12.6. The topological polar surface area (TPSA) is 26.3 Å². The van der Waals surface area contributed by atoms with Crippen LogP contribution in [0.15, 0.2) is 11.6 Å². The number of ketones is 1. The molecule has 4 heteroatoms. The summed E-state index contributed by atoms with van der Waals surface area (Å²) in [6.45, 7) is 17.0. The van der Waals surface area contributed by atoms with Crippen LogP contribution in [-0.2, 0) is 9.22 Å². The van der Waals surface area contributed by atoms with Crippen LogP contribution in [0.25, 0.3) is 0 Å². The highest BCUT2D eigenvalue weighted by Crippen LogP contribution is 2.66. The molecule has 0 amide bonds. The average molecular weight is 449 g/mol. The Morgan fingerprint density at radius 3 is 2.43 bits per heavy atom. The molecule has 2 nitrogen and oxygen atoms in total. The number of fused-ring (bicyclic) bond motifs is 5. The lowest BCUT2D eigenvalue weighted by Gasteiger charge is -2.59. The molecule has 3 fully saturated rings. The van der Waals surface area contributed by atoms with Gasteiger partial charge >= 0.3 is 0 Å². The SMILES string of the molecule is CSC1C[C@@]2(C)C(=CC1=O)CC[C@H]1[C@@H]3CC[C@H](O[Si](C)(C)C(C)(C)C)[C@@]3(C)CC[C@@H]12. The van der Waals surface area contributed by atoms with Gasteiger partial charge in [0.1, 0.15) is 0 Å². The summed E-state index contributed by atoms with van der Waals surface area (Å²) >= 11 is 1.77. The maximum atomic E-state index is 12.6. The first-order valence-corrected chi connectivity index (χ1v) is 16.5. The molecule has 30 heavy (non-hydrogen) atoms. The predicted molar refractivity (Wildman–Crippen MR) is 131 cm³/mol. The van der Waals surface area contributed by atoms with Gasteiger partial charge in [0.05, 0.1) is 11.4 Å². The molecule has 4 aliphatic rings. The smallest absolute Gasteiger partial charge is 0.192 e. The van der Waals surface area contributed by atoms with Crippen LogP contribution < -0.4 is 0 Å². The fourth-order valence-electron chi connectivity index (χ4n) is 7.47. The van der Waals surface area contributed by atoms with E-state index >= 15 is 0 Å². The Labute approximate surface area is 190 Å². The molecule has 7 atom stereocenters. The van der Waals surface area contributed by atoms with Crippen molar-refractivity contribution < 1.29 is 9.22 Å². The first-order chi connectivity index (χ1) is 13.8. The Balaban J connectivity index is 1.58. The molecule has 0 aromatic rings. The second kappa shape index (κ2) is 7.48. The molecule has 0 radical (unpaired) electrons. The van der Waals surface area contributed by atoms with Gasteiger partial charge in [0.2, 0.25) is 0 Å². The van der Waals surface area contributed by atoms with E-state index in [0.29, 0.717) is 17.3 Å². The fraction of sp³-hybridized carbons (Fsp3) is 0.885. The molecule has 1 unspecified atom stereocenters. The summed E-state index contributed by atoms with van der Waals surface area (Å²) in [6, 6.07) is 0. The molecule has 0 aliphatic heterocycles. The molecular weight excluding hydrogens is 404 g/mol. The highest BCUT2D eigenvalue weighted by Gasteiger charge is 2.60. The van der Waals surface area contributed by atoms with Crippen molar-refractivity contribution in [2.75, 3.05) is 6.26 Å². The largest absolute Gasteiger partial charge is 0.413 e. The zero-order valence-electron chi connectivity index (χ0n) is 20.6. The van der Waals surface area contributed by atoms with Gasteiger partial charge in [0, 0.05) is 0 Å². The first-order valence-electron chi connectivity index (χ1n) is 12.3. The van der Waals surface area contributed by atoms with Gasteiger partial charge < -0.3 is 4.43 Å². The van der Waals surface area contributed by atoms with E-state index in [4.69, 9.17) is 4.43 Å². The van der Waals surface area contributed by atoms with Crippen LogP contribution >= 0.6 is 11.8 Å². The average Bonchev–Trinajstić information content (AvgIpc) is 2.97.